The highest BCUT2D eigenvalue weighted by molar-refractivity contribution is 8.24. The van der Waals surface area contributed by atoms with E-state index in [2.05, 4.69) is 10.3 Å². The topological polar surface area (TPSA) is 156 Å². The number of hydrogen-bond donors (Lipinski definition) is 3. The third-order valence-electron chi connectivity index (χ3n) is 6.25. The zero-order valence-electron chi connectivity index (χ0n) is 21.2. The SMILES string of the molecule is CN(C)C(=O)c1ccc(-c2ccc3c(n2)Oc2nc(C#N)ccc2C3C(C)(C)C(=O)NC(=N)SC=N)cc1. The number of hydrogen-bond acceptors (Lipinski definition) is 9. The third-order valence-corrected chi connectivity index (χ3v) is 6.71. The van der Waals surface area contributed by atoms with Crippen LogP contribution in [-0.2, 0) is 4.79 Å². The maximum absolute atomic E-state index is 13.3. The van der Waals surface area contributed by atoms with Crippen LogP contribution in [0.15, 0.2) is 48.5 Å². The number of carbonyl (C=O) groups excluding carboxylic acids is 2. The largest absolute Gasteiger partial charge is 0.420 e. The number of nitrogens with one attached hydrogen (secondary N) is 3. The second kappa shape index (κ2) is 10.4. The van der Waals surface area contributed by atoms with E-state index in [1.807, 2.05) is 18.2 Å². The standard InChI is InChI=1S/C27H25N7O3S/c1-27(2,25(36)33-26(30)38-14-29)21-18-10-9-17(13-28)31-22(18)37-23-19(21)11-12-20(32-23)15-5-7-16(8-6-15)24(35)34(3)4/h5-12,14,21,29H,1-4H3,(H2,30,33,36). The van der Waals surface area contributed by atoms with Crippen LogP contribution in [0.3, 0.4) is 0 Å². The predicted octanol–water partition coefficient (Wildman–Crippen LogP) is 4.37. The Labute approximate surface area is 224 Å². The second-order valence-electron chi connectivity index (χ2n) is 9.35. The monoisotopic (exact) mass is 527 g/mol. The molecule has 1 aliphatic heterocycles. The summed E-state index contributed by atoms with van der Waals surface area (Å²) in [6.45, 7) is 3.50. The van der Waals surface area contributed by atoms with Gasteiger partial charge in [-0.3, -0.25) is 15.0 Å². The summed E-state index contributed by atoms with van der Waals surface area (Å²) >= 11 is 0.786. The molecule has 1 aromatic carbocycles. The number of amidine groups is 1. The van der Waals surface area contributed by atoms with Crippen molar-refractivity contribution in [2.75, 3.05) is 14.1 Å². The van der Waals surface area contributed by atoms with E-state index in [-0.39, 0.29) is 28.5 Å². The van der Waals surface area contributed by atoms with Crippen LogP contribution in [0.2, 0.25) is 0 Å². The van der Waals surface area contributed by atoms with Gasteiger partial charge < -0.3 is 20.4 Å². The fourth-order valence-electron chi connectivity index (χ4n) is 4.29. The Morgan fingerprint density at radius 1 is 1.08 bits per heavy atom. The molecule has 1 unspecified atom stereocenters. The maximum Gasteiger partial charge on any atom is 0.253 e. The second-order valence-corrected chi connectivity index (χ2v) is 10.2. The van der Waals surface area contributed by atoms with Gasteiger partial charge in [-0.15, -0.1) is 0 Å². The number of nitrogens with zero attached hydrogens (tertiary/aromatic N) is 4. The van der Waals surface area contributed by atoms with Crippen molar-refractivity contribution in [3.8, 4) is 29.1 Å². The van der Waals surface area contributed by atoms with Crippen LogP contribution in [-0.4, -0.2) is 51.5 Å². The first-order valence-electron chi connectivity index (χ1n) is 11.5. The Balaban J connectivity index is 1.78. The molecule has 1 atom stereocenters. The molecular formula is C27H25N7O3S. The summed E-state index contributed by atoms with van der Waals surface area (Å²) in [4.78, 5) is 36.1. The molecule has 4 rings (SSSR count). The highest BCUT2D eigenvalue weighted by Crippen LogP contribution is 2.51. The molecule has 3 heterocycles. The van der Waals surface area contributed by atoms with Crippen molar-refractivity contribution in [2.45, 2.75) is 19.8 Å². The summed E-state index contributed by atoms with van der Waals surface area (Å²) in [5.41, 5.74) is 3.22. The third kappa shape index (κ3) is 4.99. The Morgan fingerprint density at radius 2 is 1.71 bits per heavy atom. The van der Waals surface area contributed by atoms with Crippen LogP contribution in [0.25, 0.3) is 11.3 Å². The average Bonchev–Trinajstić information content (AvgIpc) is 2.90. The van der Waals surface area contributed by atoms with Gasteiger partial charge in [-0.05, 0) is 36.0 Å². The molecule has 38 heavy (non-hydrogen) atoms. The van der Waals surface area contributed by atoms with E-state index < -0.39 is 17.2 Å². The molecule has 192 valence electrons. The Bertz CT molecular complexity index is 1490. The number of fused-ring (bicyclic) bond motifs is 2. The van der Waals surface area contributed by atoms with Crippen molar-refractivity contribution in [3.05, 3.63) is 70.9 Å². The van der Waals surface area contributed by atoms with Gasteiger partial charge in [0.15, 0.2) is 5.17 Å². The van der Waals surface area contributed by atoms with E-state index in [0.717, 1.165) is 22.9 Å². The van der Waals surface area contributed by atoms with Crippen molar-refractivity contribution in [2.24, 2.45) is 5.41 Å². The highest BCUT2D eigenvalue weighted by atomic mass is 32.2. The number of amides is 2. The first-order valence-corrected chi connectivity index (χ1v) is 12.4. The summed E-state index contributed by atoms with van der Waals surface area (Å²) in [7, 11) is 3.38. The molecule has 0 saturated heterocycles. The van der Waals surface area contributed by atoms with Gasteiger partial charge in [-0.2, -0.15) is 5.26 Å². The molecule has 0 bridgehead atoms. The summed E-state index contributed by atoms with van der Waals surface area (Å²) in [6.07, 6.45) is 0. The van der Waals surface area contributed by atoms with Crippen LogP contribution >= 0.6 is 11.8 Å². The van der Waals surface area contributed by atoms with Crippen molar-refractivity contribution in [1.29, 1.82) is 16.1 Å². The van der Waals surface area contributed by atoms with Gasteiger partial charge in [0.05, 0.1) is 16.7 Å². The Hall–Kier alpha value is -4.56. The number of nitriles is 1. The molecule has 2 aromatic heterocycles. The van der Waals surface area contributed by atoms with Gasteiger partial charge >= 0.3 is 0 Å². The molecule has 1 aliphatic rings. The lowest BCUT2D eigenvalue weighted by atomic mass is 9.70. The molecule has 3 aromatic rings. The van der Waals surface area contributed by atoms with E-state index in [4.69, 9.17) is 20.5 Å². The summed E-state index contributed by atoms with van der Waals surface area (Å²) in [5, 5.41) is 26.8. The van der Waals surface area contributed by atoms with Gasteiger partial charge in [-0.1, -0.05) is 38.1 Å². The highest BCUT2D eigenvalue weighted by Gasteiger charge is 2.45. The lowest BCUT2D eigenvalue weighted by Crippen LogP contribution is -2.43. The molecule has 10 nitrogen and oxygen atoms in total. The molecule has 0 saturated carbocycles. The summed E-state index contributed by atoms with van der Waals surface area (Å²) in [6, 6.07) is 16.0. The molecule has 0 aliphatic carbocycles. The van der Waals surface area contributed by atoms with Crippen molar-refractivity contribution < 1.29 is 14.3 Å². The molecular weight excluding hydrogens is 502 g/mol. The minimum Gasteiger partial charge on any atom is -0.420 e. The van der Waals surface area contributed by atoms with Crippen LogP contribution in [0, 0.1) is 27.6 Å². The first kappa shape index (κ1) is 26.5. The number of carbonyl (C=O) groups is 2. The van der Waals surface area contributed by atoms with Crippen molar-refractivity contribution in [1.82, 2.24) is 20.2 Å². The summed E-state index contributed by atoms with van der Waals surface area (Å²) < 4.78 is 6.06. The summed E-state index contributed by atoms with van der Waals surface area (Å²) in [5.74, 6) is -0.648. The quantitative estimate of drug-likeness (QED) is 0.328. The van der Waals surface area contributed by atoms with Gasteiger partial charge in [0.2, 0.25) is 17.7 Å². The van der Waals surface area contributed by atoms with Crippen LogP contribution in [0.1, 0.15) is 46.9 Å². The Kier molecular flexibility index (Phi) is 7.28. The molecule has 11 heteroatoms. The number of benzene rings is 1. The molecule has 2 amide bonds. The first-order chi connectivity index (χ1) is 18.1. The van der Waals surface area contributed by atoms with E-state index in [9.17, 15) is 14.9 Å². The van der Waals surface area contributed by atoms with Crippen LogP contribution < -0.4 is 10.1 Å². The zero-order chi connectivity index (χ0) is 27.6. The van der Waals surface area contributed by atoms with E-state index in [1.54, 1.807) is 64.3 Å². The molecule has 3 N–H and O–H groups in total. The van der Waals surface area contributed by atoms with Crippen molar-refractivity contribution in [3.63, 3.8) is 0 Å². The number of ether oxygens (including phenoxy) is 1. The zero-order valence-corrected chi connectivity index (χ0v) is 22.0. The van der Waals surface area contributed by atoms with Gasteiger partial charge in [-0.25, -0.2) is 9.97 Å². The fraction of sp³-hybridized carbons (Fsp3) is 0.222. The average molecular weight is 528 g/mol. The minimum atomic E-state index is -1.09. The predicted molar refractivity (Wildman–Crippen MR) is 145 cm³/mol. The normalized spacial score (nSPS) is 13.7. The van der Waals surface area contributed by atoms with Crippen molar-refractivity contribution >= 4 is 34.3 Å². The molecule has 0 radical (unpaired) electrons. The smallest absolute Gasteiger partial charge is 0.253 e. The maximum atomic E-state index is 13.3. The van der Waals surface area contributed by atoms with Gasteiger partial charge in [0, 0.05) is 42.3 Å². The lowest BCUT2D eigenvalue weighted by Gasteiger charge is -2.37. The molecule has 0 fully saturated rings. The van der Waals surface area contributed by atoms with E-state index >= 15 is 0 Å². The minimum absolute atomic E-state index is 0.107. The fourth-order valence-corrected chi connectivity index (χ4v) is 4.56. The van der Waals surface area contributed by atoms with Crippen LogP contribution in [0.4, 0.5) is 0 Å². The Morgan fingerprint density at radius 3 is 2.32 bits per heavy atom. The van der Waals surface area contributed by atoms with Crippen LogP contribution in [0.5, 0.6) is 11.8 Å². The number of aromatic nitrogens is 2. The van der Waals surface area contributed by atoms with Gasteiger partial charge in [0.25, 0.3) is 5.91 Å². The van der Waals surface area contributed by atoms with Gasteiger partial charge in [0.1, 0.15) is 11.8 Å². The van der Waals surface area contributed by atoms with E-state index in [0.29, 0.717) is 22.4 Å². The number of thioether (sulfide) groups is 1. The lowest BCUT2D eigenvalue weighted by molar-refractivity contribution is -0.128. The number of pyridine rings is 2. The van der Waals surface area contributed by atoms with E-state index in [1.165, 1.54) is 4.90 Å². The molecule has 0 spiro atoms. The number of rotatable bonds is 5.